The van der Waals surface area contributed by atoms with Gasteiger partial charge in [-0.1, -0.05) is 35.5 Å². The molecular weight excluding hydrogens is 316 g/mol. The molecule has 4 rings (SSSR count). The molecule has 122 valence electrons. The molecular formula is C19H14N4O2. The third-order valence-electron chi connectivity index (χ3n) is 3.70. The third-order valence-corrected chi connectivity index (χ3v) is 3.70. The first-order chi connectivity index (χ1) is 12.3. The maximum atomic E-state index is 12.3. The Bertz CT molecular complexity index is 974. The molecule has 0 radical (unpaired) electrons. The molecule has 1 N–H and O–H groups in total. The summed E-state index contributed by atoms with van der Waals surface area (Å²) in [5.41, 5.74) is 2.69. The number of amides is 1. The Kier molecular flexibility index (Phi) is 3.84. The van der Waals surface area contributed by atoms with E-state index in [-0.39, 0.29) is 11.6 Å². The van der Waals surface area contributed by atoms with Gasteiger partial charge in [0.1, 0.15) is 0 Å². The van der Waals surface area contributed by atoms with Gasteiger partial charge in [0.2, 0.25) is 0 Å². The molecule has 2 aromatic heterocycles. The summed E-state index contributed by atoms with van der Waals surface area (Å²) in [7, 11) is 0. The predicted molar refractivity (Wildman–Crippen MR) is 93.5 cm³/mol. The Morgan fingerprint density at radius 1 is 1.00 bits per heavy atom. The summed E-state index contributed by atoms with van der Waals surface area (Å²) in [6.07, 6.45) is 3.57. The maximum absolute atomic E-state index is 12.3. The largest absolute Gasteiger partial charge is 0.355 e. The van der Waals surface area contributed by atoms with Gasteiger partial charge in [-0.05, 0) is 30.3 Å². The second kappa shape index (κ2) is 6.45. The van der Waals surface area contributed by atoms with Crippen LogP contribution in [0.2, 0.25) is 0 Å². The molecule has 6 heteroatoms. The molecule has 0 spiro atoms. The standard InChI is InChI=1S/C19H14N4O2/c24-19(17-13-18(25-22-17)14-5-2-1-3-6-14)21-15-7-9-16(10-8-15)23-12-4-11-20-23/h1-13H,(H,21,24). The molecule has 0 atom stereocenters. The van der Waals surface area contributed by atoms with Crippen molar-refractivity contribution in [3.63, 3.8) is 0 Å². The van der Waals surface area contributed by atoms with Gasteiger partial charge in [0.25, 0.3) is 5.91 Å². The van der Waals surface area contributed by atoms with Gasteiger partial charge in [0.05, 0.1) is 5.69 Å². The average molecular weight is 330 g/mol. The molecule has 25 heavy (non-hydrogen) atoms. The van der Waals surface area contributed by atoms with Gasteiger partial charge in [0.15, 0.2) is 11.5 Å². The quantitative estimate of drug-likeness (QED) is 0.618. The van der Waals surface area contributed by atoms with Crippen LogP contribution in [0, 0.1) is 0 Å². The number of nitrogens with zero attached hydrogens (tertiary/aromatic N) is 3. The lowest BCUT2D eigenvalue weighted by atomic mass is 10.1. The first kappa shape index (κ1) is 14.9. The van der Waals surface area contributed by atoms with Crippen LogP contribution in [0.4, 0.5) is 5.69 Å². The van der Waals surface area contributed by atoms with Gasteiger partial charge in [-0.3, -0.25) is 4.79 Å². The van der Waals surface area contributed by atoms with Crippen molar-refractivity contribution in [1.29, 1.82) is 0 Å². The van der Waals surface area contributed by atoms with Crippen LogP contribution < -0.4 is 5.32 Å². The summed E-state index contributed by atoms with van der Waals surface area (Å²) in [5.74, 6) is 0.234. The molecule has 0 aliphatic rings. The highest BCUT2D eigenvalue weighted by molar-refractivity contribution is 6.03. The molecule has 1 amide bonds. The zero-order valence-electron chi connectivity index (χ0n) is 13.2. The van der Waals surface area contributed by atoms with Crippen molar-refractivity contribution in [2.75, 3.05) is 5.32 Å². The summed E-state index contributed by atoms with van der Waals surface area (Å²) in [5, 5.41) is 10.8. The maximum Gasteiger partial charge on any atom is 0.277 e. The predicted octanol–water partition coefficient (Wildman–Crippen LogP) is 3.78. The van der Waals surface area contributed by atoms with E-state index in [1.807, 2.05) is 66.9 Å². The minimum absolute atomic E-state index is 0.231. The van der Waals surface area contributed by atoms with Gasteiger partial charge in [-0.15, -0.1) is 0 Å². The fourth-order valence-corrected chi connectivity index (χ4v) is 2.43. The lowest BCUT2D eigenvalue weighted by Gasteiger charge is -2.05. The van der Waals surface area contributed by atoms with E-state index in [1.54, 1.807) is 16.9 Å². The molecule has 0 aliphatic heterocycles. The molecule has 0 unspecified atom stereocenters. The normalized spacial score (nSPS) is 10.6. The van der Waals surface area contributed by atoms with Crippen LogP contribution >= 0.6 is 0 Å². The zero-order valence-corrected chi connectivity index (χ0v) is 13.2. The number of hydrogen-bond acceptors (Lipinski definition) is 4. The van der Waals surface area contributed by atoms with Crippen molar-refractivity contribution in [2.24, 2.45) is 0 Å². The smallest absolute Gasteiger partial charge is 0.277 e. The Labute approximate surface area is 143 Å². The summed E-state index contributed by atoms with van der Waals surface area (Å²) in [6.45, 7) is 0. The zero-order chi connectivity index (χ0) is 17.1. The van der Waals surface area contributed by atoms with Crippen LogP contribution in [-0.4, -0.2) is 20.8 Å². The summed E-state index contributed by atoms with van der Waals surface area (Å²) >= 11 is 0. The average Bonchev–Trinajstić information content (AvgIpc) is 3.35. The summed E-state index contributed by atoms with van der Waals surface area (Å²) in [4.78, 5) is 12.3. The van der Waals surface area contributed by atoms with E-state index >= 15 is 0 Å². The van der Waals surface area contributed by atoms with Crippen molar-refractivity contribution in [3.8, 4) is 17.0 Å². The molecule has 4 aromatic rings. The van der Waals surface area contributed by atoms with Crippen molar-refractivity contribution >= 4 is 11.6 Å². The number of hydrogen-bond donors (Lipinski definition) is 1. The van der Waals surface area contributed by atoms with Crippen LogP contribution in [-0.2, 0) is 0 Å². The number of nitrogens with one attached hydrogen (secondary N) is 1. The van der Waals surface area contributed by atoms with E-state index in [1.165, 1.54) is 0 Å². The first-order valence-electron chi connectivity index (χ1n) is 7.73. The molecule has 2 aromatic carbocycles. The molecule has 0 bridgehead atoms. The number of rotatable bonds is 4. The SMILES string of the molecule is O=C(Nc1ccc(-n2cccn2)cc1)c1cc(-c2ccccc2)on1. The molecule has 6 nitrogen and oxygen atoms in total. The number of aromatic nitrogens is 3. The van der Waals surface area contributed by atoms with Gasteiger partial charge in [-0.25, -0.2) is 4.68 Å². The molecule has 2 heterocycles. The van der Waals surface area contributed by atoms with E-state index in [9.17, 15) is 4.79 Å². The molecule has 0 fully saturated rings. The highest BCUT2D eigenvalue weighted by atomic mass is 16.5. The van der Waals surface area contributed by atoms with Crippen molar-refractivity contribution in [2.45, 2.75) is 0 Å². The lowest BCUT2D eigenvalue weighted by molar-refractivity contribution is 0.101. The van der Waals surface area contributed by atoms with E-state index in [0.717, 1.165) is 11.3 Å². The van der Waals surface area contributed by atoms with Crippen LogP contribution in [0.15, 0.2) is 83.6 Å². The number of anilines is 1. The number of carbonyl (C=O) groups is 1. The Morgan fingerprint density at radius 2 is 1.80 bits per heavy atom. The minimum atomic E-state index is -0.322. The van der Waals surface area contributed by atoms with E-state index in [0.29, 0.717) is 11.4 Å². The Morgan fingerprint density at radius 3 is 2.52 bits per heavy atom. The molecule has 0 saturated heterocycles. The van der Waals surface area contributed by atoms with E-state index in [4.69, 9.17) is 4.52 Å². The number of carbonyl (C=O) groups excluding carboxylic acids is 1. The Balaban J connectivity index is 1.48. The van der Waals surface area contributed by atoms with Crippen molar-refractivity contribution in [1.82, 2.24) is 14.9 Å². The second-order valence-electron chi connectivity index (χ2n) is 5.39. The van der Waals surface area contributed by atoms with Crippen LogP contribution in [0.1, 0.15) is 10.5 Å². The van der Waals surface area contributed by atoms with Crippen LogP contribution in [0.5, 0.6) is 0 Å². The van der Waals surface area contributed by atoms with Gasteiger partial charge in [0, 0.05) is 29.7 Å². The Hall–Kier alpha value is -3.67. The third kappa shape index (κ3) is 3.18. The highest BCUT2D eigenvalue weighted by Crippen LogP contribution is 2.20. The lowest BCUT2D eigenvalue weighted by Crippen LogP contribution is -2.12. The highest BCUT2D eigenvalue weighted by Gasteiger charge is 2.13. The van der Waals surface area contributed by atoms with Crippen LogP contribution in [0.3, 0.4) is 0 Å². The molecule has 0 aliphatic carbocycles. The fraction of sp³-hybridized carbons (Fsp3) is 0. The number of benzene rings is 2. The van der Waals surface area contributed by atoms with Gasteiger partial charge >= 0.3 is 0 Å². The van der Waals surface area contributed by atoms with Gasteiger partial charge < -0.3 is 9.84 Å². The summed E-state index contributed by atoms with van der Waals surface area (Å²) in [6, 6.07) is 20.4. The summed E-state index contributed by atoms with van der Waals surface area (Å²) < 4.78 is 7.00. The van der Waals surface area contributed by atoms with E-state index < -0.39 is 0 Å². The van der Waals surface area contributed by atoms with Crippen LogP contribution in [0.25, 0.3) is 17.0 Å². The monoisotopic (exact) mass is 330 g/mol. The van der Waals surface area contributed by atoms with Crippen molar-refractivity contribution < 1.29 is 9.32 Å². The van der Waals surface area contributed by atoms with Crippen molar-refractivity contribution in [3.05, 3.63) is 84.8 Å². The second-order valence-corrected chi connectivity index (χ2v) is 5.39. The first-order valence-corrected chi connectivity index (χ1v) is 7.73. The minimum Gasteiger partial charge on any atom is -0.355 e. The van der Waals surface area contributed by atoms with Gasteiger partial charge in [-0.2, -0.15) is 5.10 Å². The van der Waals surface area contributed by atoms with E-state index in [2.05, 4.69) is 15.6 Å². The topological polar surface area (TPSA) is 73.0 Å². The fourth-order valence-electron chi connectivity index (χ4n) is 2.43. The molecule has 0 saturated carbocycles.